The molecule has 3 rings (SSSR count). The smallest absolute Gasteiger partial charge is 0.168 e. The molecule has 3 saturated carbocycles. The third-order valence-corrected chi connectivity index (χ3v) is 9.53. The first-order valence-corrected chi connectivity index (χ1v) is 12.6. The van der Waals surface area contributed by atoms with Crippen LogP contribution < -0.4 is 0 Å². The molecule has 0 heterocycles. The highest BCUT2D eigenvalue weighted by Crippen LogP contribution is 2.60. The number of hydrogen-bond acceptors (Lipinski definition) is 1. The maximum atomic E-state index is 15.0. The van der Waals surface area contributed by atoms with Crippen LogP contribution in [0.4, 0.5) is 65.9 Å². The van der Waals surface area contributed by atoms with E-state index in [1.165, 1.54) is 0 Å². The van der Waals surface area contributed by atoms with E-state index in [1.807, 2.05) is 0 Å². The van der Waals surface area contributed by atoms with Gasteiger partial charge in [-0.05, 0) is 28.1 Å². The van der Waals surface area contributed by atoms with Gasteiger partial charge in [0.2, 0.25) is 0 Å². The van der Waals surface area contributed by atoms with Crippen LogP contribution in [0, 0.1) is 17.8 Å². The van der Waals surface area contributed by atoms with Crippen LogP contribution in [0.1, 0.15) is 6.42 Å². The van der Waals surface area contributed by atoms with Crippen molar-refractivity contribution in [1.82, 2.24) is 0 Å². The molecule has 12 atom stereocenters. The van der Waals surface area contributed by atoms with Crippen LogP contribution in [0.25, 0.3) is 0 Å². The fourth-order valence-electron chi connectivity index (χ4n) is 5.67. The fraction of sp³-hybridized carbons (Fsp3) is 1.00. The predicted octanol–water partition coefficient (Wildman–Crippen LogP) is 6.96. The van der Waals surface area contributed by atoms with E-state index in [4.69, 9.17) is 10.7 Å². The van der Waals surface area contributed by atoms with Crippen molar-refractivity contribution in [2.45, 2.75) is 104 Å². The Morgan fingerprint density at radius 3 is 0.838 bits per heavy atom. The number of halogens is 16. The van der Waals surface area contributed by atoms with E-state index >= 15 is 17.6 Å². The van der Waals surface area contributed by atoms with E-state index in [1.54, 1.807) is 0 Å². The van der Waals surface area contributed by atoms with Gasteiger partial charge < -0.3 is 0 Å². The van der Waals surface area contributed by atoms with Gasteiger partial charge in [0.15, 0.2) is 55.5 Å². The lowest BCUT2D eigenvalue weighted by Gasteiger charge is -2.55. The van der Waals surface area contributed by atoms with Crippen LogP contribution >= 0.6 is 21.7 Å². The summed E-state index contributed by atoms with van der Waals surface area (Å²) < 4.78 is 212. The third kappa shape index (κ3) is 4.79. The summed E-state index contributed by atoms with van der Waals surface area (Å²) in [6.45, 7) is 0. The largest absolute Gasteiger partial charge is 0.244 e. The second-order valence-corrected chi connectivity index (χ2v) is 11.0. The molecule has 0 bridgehead atoms. The van der Waals surface area contributed by atoms with Crippen LogP contribution in [0.5, 0.6) is 0 Å². The molecule has 0 radical (unpaired) electrons. The van der Waals surface area contributed by atoms with Crippen molar-refractivity contribution in [3.05, 3.63) is 0 Å². The minimum atomic E-state index is -3.63. The zero-order chi connectivity index (χ0) is 28.3. The van der Waals surface area contributed by atoms with Gasteiger partial charge in [-0.2, -0.15) is 0 Å². The Balaban J connectivity index is 2.21. The minimum absolute atomic E-state index is 0.714. The van der Waals surface area contributed by atoms with E-state index in [-0.39, 0.29) is 0 Å². The van der Waals surface area contributed by atoms with Crippen molar-refractivity contribution in [1.29, 1.82) is 0 Å². The topological polar surface area (TPSA) is 0 Å². The highest BCUT2D eigenvalue weighted by atomic mass is 35.7. The maximum absolute atomic E-state index is 15.0. The van der Waals surface area contributed by atoms with Crippen molar-refractivity contribution in [2.24, 2.45) is 17.8 Å². The summed E-state index contributed by atoms with van der Waals surface area (Å²) >= 11 is 0. The van der Waals surface area contributed by atoms with E-state index in [2.05, 4.69) is 0 Å². The first-order valence-electron chi connectivity index (χ1n) is 11.0. The Morgan fingerprint density at radius 1 is 0.378 bits per heavy atom. The van der Waals surface area contributed by atoms with Crippen molar-refractivity contribution in [3.8, 4) is 0 Å². The highest BCUT2D eigenvalue weighted by molar-refractivity contribution is 8.22. The summed E-state index contributed by atoms with van der Waals surface area (Å²) in [5.41, 5.74) is 0. The van der Waals surface area contributed by atoms with Crippen molar-refractivity contribution in [3.63, 3.8) is 0 Å². The van der Waals surface area contributed by atoms with Gasteiger partial charge in [-0.25, -0.2) is 65.9 Å². The summed E-state index contributed by atoms with van der Waals surface area (Å²) in [4.78, 5) is 0. The summed E-state index contributed by atoms with van der Waals surface area (Å²) in [7, 11) is 4.88. The van der Waals surface area contributed by atoms with Crippen LogP contribution in [0.3, 0.4) is 0 Å². The van der Waals surface area contributed by atoms with Gasteiger partial charge in [-0.3, -0.25) is 0 Å². The van der Waals surface area contributed by atoms with Crippen molar-refractivity contribution >= 4 is 21.7 Å². The van der Waals surface area contributed by atoms with Gasteiger partial charge >= 0.3 is 0 Å². The molecule has 12 unspecified atom stereocenters. The van der Waals surface area contributed by atoms with Crippen molar-refractivity contribution in [2.75, 3.05) is 0 Å². The molecule has 3 aliphatic carbocycles. The zero-order valence-corrected chi connectivity index (χ0v) is 19.6. The van der Waals surface area contributed by atoms with Gasteiger partial charge in [0.05, 0.1) is 0 Å². The standard InChI is InChI=1S/C20H20ClF15S/c21-37-20(3-7(24)13(30)18(35)14(31)8(3)25,4-9(26)15(32)19(36)16(33)10(4)27)1-2-5(22)11(28)17(34)12(29)6(2)23/h2-19H,1H2. The first kappa shape index (κ1) is 31.1. The monoisotopic (exact) mass is 612 g/mol. The molecule has 218 valence electrons. The molecule has 0 aromatic carbocycles. The maximum Gasteiger partial charge on any atom is 0.168 e. The third-order valence-electron chi connectivity index (χ3n) is 7.67. The van der Waals surface area contributed by atoms with E-state index in [9.17, 15) is 48.3 Å². The van der Waals surface area contributed by atoms with Crippen molar-refractivity contribution < 1.29 is 65.9 Å². The molecule has 0 spiro atoms. The molecule has 3 aliphatic rings. The molecule has 0 nitrogen and oxygen atoms in total. The number of hydrogen-bond donors (Lipinski definition) is 0. The second kappa shape index (κ2) is 11.2. The van der Waals surface area contributed by atoms with E-state index in [0.29, 0.717) is 0 Å². The summed E-state index contributed by atoms with van der Waals surface area (Å²) in [6, 6.07) is 0. The van der Waals surface area contributed by atoms with Gasteiger partial charge in [0, 0.05) is 22.5 Å². The number of rotatable bonds is 5. The van der Waals surface area contributed by atoms with Crippen LogP contribution in [0.2, 0.25) is 0 Å². The van der Waals surface area contributed by atoms with Gasteiger partial charge in [-0.1, -0.05) is 0 Å². The lowest BCUT2D eigenvalue weighted by molar-refractivity contribution is -0.153. The molecule has 0 saturated heterocycles. The Morgan fingerprint density at radius 2 is 0.595 bits per heavy atom. The fourth-order valence-corrected chi connectivity index (χ4v) is 7.46. The lowest BCUT2D eigenvalue weighted by Crippen LogP contribution is -2.69. The number of alkyl halides is 15. The summed E-state index contributed by atoms with van der Waals surface area (Å²) in [5, 5.41) is 0. The SMILES string of the molecule is FC1C(F)C(F)C(CC(SCl)(C2C(F)C(F)C(F)C(F)C2F)C2C(F)C(F)C(F)C(F)C2F)C(F)C1F. The van der Waals surface area contributed by atoms with Gasteiger partial charge in [0.1, 0.15) is 37.0 Å². The molecule has 37 heavy (non-hydrogen) atoms. The lowest BCUT2D eigenvalue weighted by atomic mass is 9.60. The zero-order valence-electron chi connectivity index (χ0n) is 18.1. The Kier molecular flexibility index (Phi) is 9.44. The highest BCUT2D eigenvalue weighted by Gasteiger charge is 2.70. The van der Waals surface area contributed by atoms with E-state index in [0.717, 1.165) is 0 Å². The van der Waals surface area contributed by atoms with E-state index < -0.39 is 132 Å². The minimum Gasteiger partial charge on any atom is -0.244 e. The Labute approximate surface area is 209 Å². The Bertz CT molecular complexity index is 698. The van der Waals surface area contributed by atoms with Crippen LogP contribution in [-0.4, -0.2) is 97.3 Å². The molecular weight excluding hydrogens is 593 g/mol. The molecule has 0 aromatic rings. The molecule has 0 N–H and O–H groups in total. The van der Waals surface area contributed by atoms with Gasteiger partial charge in [-0.15, -0.1) is 0 Å². The molecule has 17 heteroatoms. The summed E-state index contributed by atoms with van der Waals surface area (Å²) in [6.07, 6.45) is -55.0. The quantitative estimate of drug-likeness (QED) is 0.303. The molecule has 3 fully saturated rings. The molecule has 0 aliphatic heterocycles. The average Bonchev–Trinajstić information content (AvgIpc) is 2.88. The first-order chi connectivity index (χ1) is 17.1. The average molecular weight is 613 g/mol. The van der Waals surface area contributed by atoms with Crippen LogP contribution in [-0.2, 0) is 0 Å². The normalized spacial score (nSPS) is 57.1. The molecule has 0 amide bonds. The van der Waals surface area contributed by atoms with Crippen LogP contribution in [0.15, 0.2) is 0 Å². The predicted molar refractivity (Wildman–Crippen MR) is 105 cm³/mol. The van der Waals surface area contributed by atoms with Gasteiger partial charge in [0.25, 0.3) is 0 Å². The molecular formula is C20H20ClF15S. The Hall–Kier alpha value is -0.410. The molecule has 0 aromatic heterocycles. The second-order valence-electron chi connectivity index (χ2n) is 9.62. The summed E-state index contributed by atoms with van der Waals surface area (Å²) in [5.74, 6) is -9.44.